The zero-order valence-electron chi connectivity index (χ0n) is 12.1. The molecule has 0 aromatic carbocycles. The van der Waals surface area contributed by atoms with E-state index in [1.165, 1.54) is 0 Å². The quantitative estimate of drug-likeness (QED) is 0.408. The summed E-state index contributed by atoms with van der Waals surface area (Å²) in [5.41, 5.74) is -0.515. The monoisotopic (exact) mass is 305 g/mol. The number of carbonyl (C=O) groups is 2. The van der Waals surface area contributed by atoms with E-state index in [4.69, 9.17) is 22.1 Å². The molecule has 0 aromatic heterocycles. The molecule has 1 amide bonds. The highest BCUT2D eigenvalue weighted by molar-refractivity contribution is 7.80. The summed E-state index contributed by atoms with van der Waals surface area (Å²) in [5, 5.41) is 17.2. The maximum atomic E-state index is 11.3. The van der Waals surface area contributed by atoms with Gasteiger partial charge in [-0.25, -0.2) is 4.79 Å². The summed E-state index contributed by atoms with van der Waals surface area (Å²) in [6.45, 7) is 6.72. The first-order chi connectivity index (χ1) is 9.20. The fraction of sp³-hybridized carbons (Fsp3) is 0.750. The zero-order chi connectivity index (χ0) is 15.6. The molecule has 0 aliphatic carbocycles. The lowest BCUT2D eigenvalue weighted by molar-refractivity contribution is -0.137. The fourth-order valence-corrected chi connectivity index (χ4v) is 1.36. The molecule has 0 fully saturated rings. The molecule has 0 bridgehead atoms. The van der Waals surface area contributed by atoms with Gasteiger partial charge in [-0.2, -0.15) is 0 Å². The van der Waals surface area contributed by atoms with E-state index in [9.17, 15) is 9.59 Å². The van der Waals surface area contributed by atoms with Crippen LogP contribution in [0.5, 0.6) is 0 Å². The Morgan fingerprint density at radius 2 is 1.65 bits per heavy atom. The number of hydrogen-bond donors (Lipinski definition) is 4. The van der Waals surface area contributed by atoms with Gasteiger partial charge in [-0.3, -0.25) is 4.79 Å². The number of hydrogen-bond acceptors (Lipinski definition) is 4. The number of carboxylic acids is 1. The van der Waals surface area contributed by atoms with Gasteiger partial charge in [0.2, 0.25) is 0 Å². The van der Waals surface area contributed by atoms with Crippen LogP contribution in [-0.4, -0.2) is 47.5 Å². The molecule has 0 unspecified atom stereocenters. The van der Waals surface area contributed by atoms with Crippen molar-refractivity contribution in [1.29, 1.82) is 0 Å². The summed E-state index contributed by atoms with van der Waals surface area (Å²) in [6, 6.07) is 0. The Morgan fingerprint density at radius 1 is 1.10 bits per heavy atom. The summed E-state index contributed by atoms with van der Waals surface area (Å²) in [7, 11) is 0. The van der Waals surface area contributed by atoms with E-state index in [1.807, 2.05) is 0 Å². The summed E-state index contributed by atoms with van der Waals surface area (Å²) < 4.78 is 5.06. The van der Waals surface area contributed by atoms with Crippen molar-refractivity contribution in [1.82, 2.24) is 16.0 Å². The molecule has 0 heterocycles. The van der Waals surface area contributed by atoms with Crippen molar-refractivity contribution >= 4 is 29.4 Å². The van der Waals surface area contributed by atoms with Crippen LogP contribution in [0.2, 0.25) is 0 Å². The molecule has 20 heavy (non-hydrogen) atoms. The van der Waals surface area contributed by atoms with Crippen molar-refractivity contribution in [2.45, 2.75) is 39.2 Å². The zero-order valence-corrected chi connectivity index (χ0v) is 12.9. The predicted molar refractivity (Wildman–Crippen MR) is 79.7 cm³/mol. The predicted octanol–water partition coefficient (Wildman–Crippen LogP) is 0.840. The number of carboxylic acid groups (broad SMARTS) is 1. The van der Waals surface area contributed by atoms with Crippen LogP contribution in [-0.2, 0) is 9.53 Å². The highest BCUT2D eigenvalue weighted by Crippen LogP contribution is 2.05. The van der Waals surface area contributed by atoms with Crippen LogP contribution in [0.15, 0.2) is 0 Å². The molecule has 0 rings (SSSR count). The van der Waals surface area contributed by atoms with Gasteiger partial charge in [0, 0.05) is 26.1 Å². The Bertz CT molecular complexity index is 342. The smallest absolute Gasteiger partial charge is 0.407 e. The first-order valence-corrected chi connectivity index (χ1v) is 6.82. The van der Waals surface area contributed by atoms with Crippen LogP contribution < -0.4 is 16.0 Å². The van der Waals surface area contributed by atoms with Crippen molar-refractivity contribution in [3.63, 3.8) is 0 Å². The van der Waals surface area contributed by atoms with Crippen LogP contribution in [0.25, 0.3) is 0 Å². The molecule has 4 N–H and O–H groups in total. The topological polar surface area (TPSA) is 99.7 Å². The minimum absolute atomic E-state index is 0.107. The third-order valence-electron chi connectivity index (χ3n) is 1.93. The minimum atomic E-state index is -0.827. The van der Waals surface area contributed by atoms with E-state index < -0.39 is 17.7 Å². The normalized spacial score (nSPS) is 10.6. The Hall–Kier alpha value is -1.57. The second kappa shape index (κ2) is 9.35. The summed E-state index contributed by atoms with van der Waals surface area (Å²) in [6.07, 6.45) is 0.142. The van der Waals surface area contributed by atoms with Crippen molar-refractivity contribution in [2.75, 3.05) is 19.6 Å². The van der Waals surface area contributed by atoms with Gasteiger partial charge in [0.1, 0.15) is 5.60 Å². The lowest BCUT2D eigenvalue weighted by Crippen LogP contribution is -2.41. The van der Waals surface area contributed by atoms with Crippen molar-refractivity contribution in [2.24, 2.45) is 0 Å². The van der Waals surface area contributed by atoms with E-state index in [0.29, 0.717) is 31.2 Å². The SMILES string of the molecule is CC(C)(C)OC(=O)NCCNC(=S)NCCCC(=O)O. The van der Waals surface area contributed by atoms with Crippen LogP contribution in [0.1, 0.15) is 33.6 Å². The second-order valence-corrected chi connectivity index (χ2v) is 5.52. The van der Waals surface area contributed by atoms with Gasteiger partial charge in [0.15, 0.2) is 5.11 Å². The number of alkyl carbamates (subject to hydrolysis) is 1. The van der Waals surface area contributed by atoms with Gasteiger partial charge < -0.3 is 25.8 Å². The second-order valence-electron chi connectivity index (χ2n) is 5.11. The van der Waals surface area contributed by atoms with Crippen LogP contribution in [0.4, 0.5) is 4.79 Å². The first kappa shape index (κ1) is 18.4. The molecule has 0 spiro atoms. The maximum Gasteiger partial charge on any atom is 0.407 e. The number of rotatable bonds is 7. The van der Waals surface area contributed by atoms with Crippen LogP contribution >= 0.6 is 12.2 Å². The number of ether oxygens (including phenoxy) is 1. The third kappa shape index (κ3) is 12.9. The average Bonchev–Trinajstić information content (AvgIpc) is 2.28. The Morgan fingerprint density at radius 3 is 2.20 bits per heavy atom. The van der Waals surface area contributed by atoms with Crippen molar-refractivity contribution < 1.29 is 19.4 Å². The number of thiocarbonyl (C=S) groups is 1. The largest absolute Gasteiger partial charge is 0.481 e. The van der Waals surface area contributed by atoms with Gasteiger partial charge in [-0.05, 0) is 39.4 Å². The standard InChI is InChI=1S/C12H23N3O4S/c1-12(2,3)19-11(18)15-8-7-14-10(20)13-6-4-5-9(16)17/h4-8H2,1-3H3,(H,15,18)(H,16,17)(H2,13,14,20). The summed E-state index contributed by atoms with van der Waals surface area (Å²) in [4.78, 5) is 21.6. The molecule has 0 saturated carbocycles. The van der Waals surface area contributed by atoms with Gasteiger partial charge in [-0.1, -0.05) is 0 Å². The molecule has 0 saturated heterocycles. The van der Waals surface area contributed by atoms with E-state index in [1.54, 1.807) is 20.8 Å². The molecular weight excluding hydrogens is 282 g/mol. The number of amides is 1. The lowest BCUT2D eigenvalue weighted by atomic mass is 10.2. The summed E-state index contributed by atoms with van der Waals surface area (Å²) in [5.74, 6) is -0.827. The number of aliphatic carboxylic acids is 1. The van der Waals surface area contributed by atoms with Gasteiger partial charge in [0.25, 0.3) is 0 Å². The van der Waals surface area contributed by atoms with E-state index in [-0.39, 0.29) is 6.42 Å². The lowest BCUT2D eigenvalue weighted by Gasteiger charge is -2.19. The molecule has 0 aliphatic heterocycles. The molecule has 0 atom stereocenters. The molecule has 7 nitrogen and oxygen atoms in total. The molecule has 8 heteroatoms. The Labute approximate surface area is 124 Å². The maximum absolute atomic E-state index is 11.3. The van der Waals surface area contributed by atoms with Crippen molar-refractivity contribution in [3.8, 4) is 0 Å². The van der Waals surface area contributed by atoms with E-state index >= 15 is 0 Å². The fourth-order valence-electron chi connectivity index (χ4n) is 1.16. The van der Waals surface area contributed by atoms with Gasteiger partial charge in [-0.15, -0.1) is 0 Å². The third-order valence-corrected chi connectivity index (χ3v) is 2.22. The number of nitrogens with one attached hydrogen (secondary N) is 3. The molecule has 116 valence electrons. The number of carbonyl (C=O) groups excluding carboxylic acids is 1. The van der Waals surface area contributed by atoms with Crippen molar-refractivity contribution in [3.05, 3.63) is 0 Å². The molecule has 0 radical (unpaired) electrons. The molecular formula is C12H23N3O4S. The van der Waals surface area contributed by atoms with Crippen LogP contribution in [0, 0.1) is 0 Å². The molecule has 0 aliphatic rings. The molecule has 0 aromatic rings. The van der Waals surface area contributed by atoms with Gasteiger partial charge in [0.05, 0.1) is 0 Å². The Balaban J connectivity index is 3.52. The average molecular weight is 305 g/mol. The first-order valence-electron chi connectivity index (χ1n) is 6.41. The van der Waals surface area contributed by atoms with E-state index in [2.05, 4.69) is 16.0 Å². The van der Waals surface area contributed by atoms with Gasteiger partial charge >= 0.3 is 12.1 Å². The highest BCUT2D eigenvalue weighted by atomic mass is 32.1. The Kier molecular flexibility index (Phi) is 8.62. The van der Waals surface area contributed by atoms with E-state index in [0.717, 1.165) is 0 Å². The minimum Gasteiger partial charge on any atom is -0.481 e. The van der Waals surface area contributed by atoms with Crippen LogP contribution in [0.3, 0.4) is 0 Å². The summed E-state index contributed by atoms with van der Waals surface area (Å²) >= 11 is 4.99. The highest BCUT2D eigenvalue weighted by Gasteiger charge is 2.15.